The molecule has 0 N–H and O–H groups in total. The van der Waals surface area contributed by atoms with Gasteiger partial charge in [0.25, 0.3) is 5.91 Å². The van der Waals surface area contributed by atoms with E-state index in [1.54, 1.807) is 5.57 Å². The number of likely N-dealkylation sites (tertiary alicyclic amines) is 1. The minimum atomic E-state index is 0.180. The van der Waals surface area contributed by atoms with Gasteiger partial charge in [-0.2, -0.15) is 0 Å². The second kappa shape index (κ2) is 7.13. The molecule has 1 aliphatic carbocycles. The second-order valence-electron chi connectivity index (χ2n) is 9.80. The summed E-state index contributed by atoms with van der Waals surface area (Å²) < 4.78 is 2.02. The van der Waals surface area contributed by atoms with Gasteiger partial charge >= 0.3 is 0 Å². The quantitative estimate of drug-likeness (QED) is 0.612. The first-order valence-electron chi connectivity index (χ1n) is 11.6. The van der Waals surface area contributed by atoms with Crippen LogP contribution in [0.1, 0.15) is 49.0 Å². The third-order valence-electron chi connectivity index (χ3n) is 8.14. The van der Waals surface area contributed by atoms with Crippen molar-refractivity contribution < 1.29 is 4.79 Å². The molecule has 3 unspecified atom stereocenters. The van der Waals surface area contributed by atoms with E-state index in [-0.39, 0.29) is 11.9 Å². The maximum absolute atomic E-state index is 13.8. The number of hydrogen-bond acceptors (Lipinski definition) is 2. The summed E-state index contributed by atoms with van der Waals surface area (Å²) in [5.74, 6) is 1.46. The molecule has 4 atom stereocenters. The van der Waals surface area contributed by atoms with E-state index in [9.17, 15) is 4.79 Å². The topological polar surface area (TPSA) is 28.5 Å². The lowest BCUT2D eigenvalue weighted by molar-refractivity contribution is 0.00122. The SMILES string of the molecule is Cn1c(C(=O)N2CCCC3=C[C@H]4CC(CN5CCCCC45)C32)cc2ccc(Cl)cc21. The van der Waals surface area contributed by atoms with Gasteiger partial charge < -0.3 is 9.47 Å². The number of hydrogen-bond donors (Lipinski definition) is 0. The van der Waals surface area contributed by atoms with Gasteiger partial charge in [-0.25, -0.2) is 0 Å². The standard InChI is InChI=1S/C25H30ClN3O/c1-27-22-14-20(26)8-7-16(22)13-23(27)25(30)29-10-4-5-17-11-18-12-19(24(17)29)15-28-9-3-2-6-21(18)28/h7-8,11,13-14,18-19,21,24H,2-6,9-10,12,15H2,1H3/t18-,19?,21?,24?/m0/s1. The molecule has 30 heavy (non-hydrogen) atoms. The van der Waals surface area contributed by atoms with E-state index in [0.29, 0.717) is 16.9 Å². The molecule has 3 saturated heterocycles. The molecule has 1 amide bonds. The van der Waals surface area contributed by atoms with Crippen LogP contribution in [-0.4, -0.2) is 52.0 Å². The summed E-state index contributed by atoms with van der Waals surface area (Å²) >= 11 is 6.21. The Kier molecular flexibility index (Phi) is 4.50. The van der Waals surface area contributed by atoms with Crippen molar-refractivity contribution in [2.24, 2.45) is 18.9 Å². The molecular formula is C25H30ClN3O. The van der Waals surface area contributed by atoms with E-state index in [4.69, 9.17) is 11.6 Å². The molecular weight excluding hydrogens is 394 g/mol. The third kappa shape index (κ3) is 2.87. The minimum absolute atomic E-state index is 0.180. The van der Waals surface area contributed by atoms with Gasteiger partial charge in [0.15, 0.2) is 0 Å². The number of nitrogens with zero attached hydrogens (tertiary/aromatic N) is 3. The summed E-state index contributed by atoms with van der Waals surface area (Å²) in [5, 5.41) is 1.79. The Balaban J connectivity index is 1.36. The van der Waals surface area contributed by atoms with Crippen molar-refractivity contribution in [3.05, 3.63) is 46.6 Å². The molecule has 4 aliphatic rings. The summed E-state index contributed by atoms with van der Waals surface area (Å²) in [6, 6.07) is 8.94. The van der Waals surface area contributed by atoms with Crippen LogP contribution in [0.15, 0.2) is 35.9 Å². The van der Waals surface area contributed by atoms with E-state index in [0.717, 1.165) is 42.1 Å². The Labute approximate surface area is 183 Å². The largest absolute Gasteiger partial charge is 0.340 e. The lowest BCUT2D eigenvalue weighted by Crippen LogP contribution is -2.60. The molecule has 3 fully saturated rings. The zero-order valence-electron chi connectivity index (χ0n) is 17.7. The highest BCUT2D eigenvalue weighted by Gasteiger charge is 2.47. The van der Waals surface area contributed by atoms with Gasteiger partial charge in [0.05, 0.1) is 6.04 Å². The van der Waals surface area contributed by atoms with Crippen molar-refractivity contribution in [2.45, 2.75) is 50.6 Å². The number of aryl methyl sites for hydroxylation is 1. The Bertz CT molecular complexity index is 1040. The molecule has 3 aliphatic heterocycles. The molecule has 1 aromatic heterocycles. The number of carbonyl (C=O) groups excluding carboxylic acids is 1. The summed E-state index contributed by atoms with van der Waals surface area (Å²) in [5.41, 5.74) is 3.35. The lowest BCUT2D eigenvalue weighted by Gasteiger charge is -2.54. The molecule has 4 nitrogen and oxygen atoms in total. The number of rotatable bonds is 1. The van der Waals surface area contributed by atoms with Gasteiger partial charge in [0.1, 0.15) is 5.69 Å². The van der Waals surface area contributed by atoms with Crippen LogP contribution in [0, 0.1) is 11.8 Å². The second-order valence-corrected chi connectivity index (χ2v) is 10.2. The van der Waals surface area contributed by atoms with Crippen molar-refractivity contribution in [1.29, 1.82) is 0 Å². The van der Waals surface area contributed by atoms with Crippen LogP contribution in [0.3, 0.4) is 0 Å². The van der Waals surface area contributed by atoms with Crippen LogP contribution in [0.4, 0.5) is 0 Å². The molecule has 0 saturated carbocycles. The molecule has 158 valence electrons. The molecule has 2 bridgehead atoms. The Morgan fingerprint density at radius 1 is 1.13 bits per heavy atom. The number of halogens is 1. The molecule has 6 rings (SSSR count). The van der Waals surface area contributed by atoms with Crippen LogP contribution in [0.25, 0.3) is 10.9 Å². The molecule has 1 aromatic carbocycles. The number of piperidine rings is 3. The van der Waals surface area contributed by atoms with Crippen LogP contribution in [0.2, 0.25) is 5.02 Å². The van der Waals surface area contributed by atoms with E-state index in [1.165, 1.54) is 38.6 Å². The maximum atomic E-state index is 13.8. The monoisotopic (exact) mass is 423 g/mol. The smallest absolute Gasteiger partial charge is 0.271 e. The highest BCUT2D eigenvalue weighted by atomic mass is 35.5. The number of carbonyl (C=O) groups is 1. The molecule has 0 spiro atoms. The van der Waals surface area contributed by atoms with E-state index in [1.807, 2.05) is 35.9 Å². The van der Waals surface area contributed by atoms with Crippen LogP contribution in [0.5, 0.6) is 0 Å². The number of aromatic nitrogens is 1. The molecule has 2 aromatic rings. The van der Waals surface area contributed by atoms with Crippen LogP contribution < -0.4 is 0 Å². The van der Waals surface area contributed by atoms with Crippen molar-refractivity contribution in [3.63, 3.8) is 0 Å². The lowest BCUT2D eigenvalue weighted by atomic mass is 9.68. The average Bonchev–Trinajstić information content (AvgIpc) is 3.09. The van der Waals surface area contributed by atoms with Crippen molar-refractivity contribution in [1.82, 2.24) is 14.4 Å². The summed E-state index contributed by atoms with van der Waals surface area (Å²) in [4.78, 5) is 18.8. The van der Waals surface area contributed by atoms with E-state index >= 15 is 0 Å². The highest BCUT2D eigenvalue weighted by Crippen LogP contribution is 2.45. The number of benzene rings is 1. The first-order valence-corrected chi connectivity index (χ1v) is 12.0. The Morgan fingerprint density at radius 2 is 2.03 bits per heavy atom. The van der Waals surface area contributed by atoms with E-state index < -0.39 is 0 Å². The fraction of sp³-hybridized carbons (Fsp3) is 0.560. The fourth-order valence-corrected chi connectivity index (χ4v) is 7.02. The average molecular weight is 424 g/mol. The van der Waals surface area contributed by atoms with Gasteiger partial charge in [0.2, 0.25) is 0 Å². The molecule has 4 heterocycles. The fourth-order valence-electron chi connectivity index (χ4n) is 6.86. The van der Waals surface area contributed by atoms with Gasteiger partial charge in [-0.05, 0) is 68.7 Å². The van der Waals surface area contributed by atoms with Gasteiger partial charge in [-0.1, -0.05) is 35.7 Å². The first kappa shape index (κ1) is 18.9. The maximum Gasteiger partial charge on any atom is 0.271 e. The third-order valence-corrected chi connectivity index (χ3v) is 8.38. The van der Waals surface area contributed by atoms with Gasteiger partial charge in [0, 0.05) is 42.1 Å². The van der Waals surface area contributed by atoms with Crippen molar-refractivity contribution in [2.75, 3.05) is 19.6 Å². The van der Waals surface area contributed by atoms with Crippen molar-refractivity contribution >= 4 is 28.4 Å². The Hall–Kier alpha value is -1.78. The molecule has 5 heteroatoms. The predicted octanol–water partition coefficient (Wildman–Crippen LogP) is 4.87. The van der Waals surface area contributed by atoms with Gasteiger partial charge in [-0.3, -0.25) is 9.69 Å². The van der Waals surface area contributed by atoms with Crippen LogP contribution >= 0.6 is 11.6 Å². The minimum Gasteiger partial charge on any atom is -0.340 e. The Morgan fingerprint density at radius 3 is 2.93 bits per heavy atom. The number of fused-ring (bicyclic) bond motifs is 7. The normalized spacial score (nSPS) is 31.3. The number of amides is 1. The van der Waals surface area contributed by atoms with Crippen molar-refractivity contribution in [3.8, 4) is 0 Å². The summed E-state index contributed by atoms with van der Waals surface area (Å²) in [7, 11) is 1.99. The zero-order chi connectivity index (χ0) is 20.4. The zero-order valence-corrected chi connectivity index (χ0v) is 18.4. The highest BCUT2D eigenvalue weighted by molar-refractivity contribution is 6.31. The van der Waals surface area contributed by atoms with Crippen LogP contribution in [-0.2, 0) is 7.05 Å². The molecule has 0 radical (unpaired) electrons. The first-order chi connectivity index (χ1) is 14.6. The van der Waals surface area contributed by atoms with Gasteiger partial charge in [-0.15, -0.1) is 0 Å². The van der Waals surface area contributed by atoms with E-state index in [2.05, 4.69) is 15.9 Å². The summed E-state index contributed by atoms with van der Waals surface area (Å²) in [6.07, 6.45) is 10.2. The predicted molar refractivity (Wildman–Crippen MR) is 121 cm³/mol. The summed E-state index contributed by atoms with van der Waals surface area (Å²) in [6.45, 7) is 3.27.